The molecule has 0 aliphatic rings. The molecule has 0 bridgehead atoms. The van der Waals surface area contributed by atoms with Crippen LogP contribution in [0.3, 0.4) is 0 Å². The predicted octanol–water partition coefficient (Wildman–Crippen LogP) is 4.38. The van der Waals surface area contributed by atoms with Gasteiger partial charge in [-0.1, -0.05) is 48.0 Å². The molecular formula is C21H25ClN2O2. The molecule has 0 heterocycles. The number of nitrogens with one attached hydrogen (secondary N) is 1. The lowest BCUT2D eigenvalue weighted by Gasteiger charge is -2.21. The number of carbonyl (C=O) groups excluding carboxylic acids is 2. The summed E-state index contributed by atoms with van der Waals surface area (Å²) in [5, 5.41) is 3.34. The first-order valence-corrected chi connectivity index (χ1v) is 9.10. The molecule has 2 rings (SSSR count). The molecule has 0 spiro atoms. The van der Waals surface area contributed by atoms with Crippen molar-refractivity contribution in [3.05, 3.63) is 64.2 Å². The van der Waals surface area contributed by atoms with Crippen molar-refractivity contribution in [3.63, 3.8) is 0 Å². The van der Waals surface area contributed by atoms with E-state index in [-0.39, 0.29) is 18.4 Å². The molecule has 0 radical (unpaired) electrons. The third-order valence-electron chi connectivity index (χ3n) is 4.21. The maximum atomic E-state index is 12.4. The average molecular weight is 373 g/mol. The van der Waals surface area contributed by atoms with E-state index in [1.165, 1.54) is 12.5 Å². The monoisotopic (exact) mass is 372 g/mol. The van der Waals surface area contributed by atoms with Gasteiger partial charge in [-0.2, -0.15) is 0 Å². The number of aryl methyl sites for hydroxylation is 3. The highest BCUT2D eigenvalue weighted by Crippen LogP contribution is 2.27. The lowest BCUT2D eigenvalue weighted by molar-refractivity contribution is -0.132. The molecule has 0 aliphatic carbocycles. The number of amides is 2. The minimum atomic E-state index is -0.242. The van der Waals surface area contributed by atoms with Gasteiger partial charge in [0.15, 0.2) is 0 Å². The van der Waals surface area contributed by atoms with E-state index in [0.717, 1.165) is 24.0 Å². The summed E-state index contributed by atoms with van der Waals surface area (Å²) in [5.74, 6) is -0.353. The number of nitrogens with zero attached hydrogens (tertiary/aromatic N) is 1. The van der Waals surface area contributed by atoms with Crippen LogP contribution in [-0.4, -0.2) is 29.8 Å². The second-order valence-electron chi connectivity index (χ2n) is 6.52. The number of anilines is 1. The number of rotatable bonds is 7. The summed E-state index contributed by atoms with van der Waals surface area (Å²) in [4.78, 5) is 25.8. The zero-order chi connectivity index (χ0) is 19.1. The van der Waals surface area contributed by atoms with Crippen LogP contribution in [0.15, 0.2) is 42.5 Å². The van der Waals surface area contributed by atoms with E-state index in [4.69, 9.17) is 11.6 Å². The van der Waals surface area contributed by atoms with Gasteiger partial charge in [-0.25, -0.2) is 0 Å². The van der Waals surface area contributed by atoms with Crippen molar-refractivity contribution in [1.82, 2.24) is 4.90 Å². The molecule has 2 aromatic carbocycles. The largest absolute Gasteiger partial charge is 0.334 e. The van der Waals surface area contributed by atoms with Crippen LogP contribution < -0.4 is 5.32 Å². The van der Waals surface area contributed by atoms with Gasteiger partial charge < -0.3 is 10.2 Å². The topological polar surface area (TPSA) is 49.4 Å². The Morgan fingerprint density at radius 1 is 1.12 bits per heavy atom. The van der Waals surface area contributed by atoms with E-state index in [2.05, 4.69) is 17.4 Å². The van der Waals surface area contributed by atoms with Gasteiger partial charge in [0.1, 0.15) is 0 Å². The molecule has 1 N–H and O–H groups in total. The van der Waals surface area contributed by atoms with Crippen LogP contribution in [0.2, 0.25) is 5.02 Å². The molecule has 2 amide bonds. The number of benzene rings is 2. The van der Waals surface area contributed by atoms with E-state index in [9.17, 15) is 9.59 Å². The zero-order valence-electron chi connectivity index (χ0n) is 15.5. The fraction of sp³-hybridized carbons (Fsp3) is 0.333. The first kappa shape index (κ1) is 20.0. The van der Waals surface area contributed by atoms with Gasteiger partial charge in [0.05, 0.1) is 17.3 Å². The number of hydrogen-bond acceptors (Lipinski definition) is 2. The Kier molecular flexibility index (Phi) is 7.22. The van der Waals surface area contributed by atoms with E-state index in [1.807, 2.05) is 44.2 Å². The van der Waals surface area contributed by atoms with Crippen LogP contribution in [0.5, 0.6) is 0 Å². The van der Waals surface area contributed by atoms with Crippen molar-refractivity contribution in [2.24, 2.45) is 0 Å². The third kappa shape index (κ3) is 5.88. The fourth-order valence-corrected chi connectivity index (χ4v) is 3.26. The fourth-order valence-electron chi connectivity index (χ4n) is 2.89. The lowest BCUT2D eigenvalue weighted by Crippen LogP contribution is -2.37. The third-order valence-corrected chi connectivity index (χ3v) is 4.51. The Morgan fingerprint density at radius 2 is 1.81 bits per heavy atom. The Morgan fingerprint density at radius 3 is 2.42 bits per heavy atom. The number of halogens is 1. The second kappa shape index (κ2) is 9.39. The Bertz CT molecular complexity index is 752. The predicted molar refractivity (Wildman–Crippen MR) is 107 cm³/mol. The van der Waals surface area contributed by atoms with E-state index in [0.29, 0.717) is 17.3 Å². The average Bonchev–Trinajstić information content (AvgIpc) is 2.58. The van der Waals surface area contributed by atoms with Crippen LogP contribution in [0.4, 0.5) is 5.69 Å². The molecule has 0 aromatic heterocycles. The molecule has 2 aromatic rings. The maximum Gasteiger partial charge on any atom is 0.244 e. The van der Waals surface area contributed by atoms with Crippen molar-refractivity contribution in [2.45, 2.75) is 33.6 Å². The minimum absolute atomic E-state index is 0.0216. The van der Waals surface area contributed by atoms with Crippen molar-refractivity contribution >= 4 is 29.1 Å². The zero-order valence-corrected chi connectivity index (χ0v) is 16.3. The SMILES string of the molecule is CC(=O)N(CCCc1ccccc1)CC(=O)Nc1c(C)cc(C)cc1Cl. The number of hydrogen-bond donors (Lipinski definition) is 1. The maximum absolute atomic E-state index is 12.4. The minimum Gasteiger partial charge on any atom is -0.334 e. The molecule has 0 unspecified atom stereocenters. The van der Waals surface area contributed by atoms with Gasteiger partial charge in [0.25, 0.3) is 0 Å². The van der Waals surface area contributed by atoms with Crippen LogP contribution >= 0.6 is 11.6 Å². The van der Waals surface area contributed by atoms with Crippen molar-refractivity contribution in [2.75, 3.05) is 18.4 Å². The molecule has 4 nitrogen and oxygen atoms in total. The first-order chi connectivity index (χ1) is 12.4. The highest BCUT2D eigenvalue weighted by Gasteiger charge is 2.15. The van der Waals surface area contributed by atoms with Gasteiger partial charge in [-0.3, -0.25) is 9.59 Å². The Labute approximate surface area is 160 Å². The summed E-state index contributed by atoms with van der Waals surface area (Å²) >= 11 is 6.23. The molecular weight excluding hydrogens is 348 g/mol. The van der Waals surface area contributed by atoms with Crippen LogP contribution in [0.1, 0.15) is 30.0 Å². The first-order valence-electron chi connectivity index (χ1n) is 8.73. The molecule has 0 atom stereocenters. The summed E-state index contributed by atoms with van der Waals surface area (Å²) in [6.45, 7) is 5.90. The van der Waals surface area contributed by atoms with E-state index >= 15 is 0 Å². The van der Waals surface area contributed by atoms with Gasteiger partial charge in [0, 0.05) is 13.5 Å². The molecule has 0 aliphatic heterocycles. The molecule has 0 fully saturated rings. The lowest BCUT2D eigenvalue weighted by atomic mass is 10.1. The molecule has 0 saturated carbocycles. The van der Waals surface area contributed by atoms with E-state index in [1.54, 1.807) is 4.90 Å². The van der Waals surface area contributed by atoms with Crippen molar-refractivity contribution < 1.29 is 9.59 Å². The number of carbonyl (C=O) groups is 2. The summed E-state index contributed by atoms with van der Waals surface area (Å²) in [5.41, 5.74) is 3.77. The standard InChI is InChI=1S/C21H25ClN2O2/c1-15-12-16(2)21(19(22)13-15)23-20(26)14-24(17(3)25)11-7-10-18-8-5-4-6-9-18/h4-6,8-9,12-13H,7,10-11,14H2,1-3H3,(H,23,26). The highest BCUT2D eigenvalue weighted by atomic mass is 35.5. The van der Waals surface area contributed by atoms with E-state index < -0.39 is 0 Å². The van der Waals surface area contributed by atoms with Crippen LogP contribution in [-0.2, 0) is 16.0 Å². The normalized spacial score (nSPS) is 10.5. The highest BCUT2D eigenvalue weighted by molar-refractivity contribution is 6.34. The summed E-state index contributed by atoms with van der Waals surface area (Å²) in [6.07, 6.45) is 1.68. The summed E-state index contributed by atoms with van der Waals surface area (Å²) in [7, 11) is 0. The Hall–Kier alpha value is -2.33. The van der Waals surface area contributed by atoms with Crippen molar-refractivity contribution in [1.29, 1.82) is 0 Å². The van der Waals surface area contributed by atoms with Gasteiger partial charge in [-0.15, -0.1) is 0 Å². The van der Waals surface area contributed by atoms with Gasteiger partial charge in [0.2, 0.25) is 11.8 Å². The second-order valence-corrected chi connectivity index (χ2v) is 6.92. The van der Waals surface area contributed by atoms with Crippen LogP contribution in [0, 0.1) is 13.8 Å². The van der Waals surface area contributed by atoms with Gasteiger partial charge in [-0.05, 0) is 49.4 Å². The molecule has 26 heavy (non-hydrogen) atoms. The summed E-state index contributed by atoms with van der Waals surface area (Å²) < 4.78 is 0. The molecule has 138 valence electrons. The molecule has 0 saturated heterocycles. The quantitative estimate of drug-likeness (QED) is 0.784. The van der Waals surface area contributed by atoms with Crippen molar-refractivity contribution in [3.8, 4) is 0 Å². The van der Waals surface area contributed by atoms with Gasteiger partial charge >= 0.3 is 0 Å². The summed E-state index contributed by atoms with van der Waals surface area (Å²) in [6, 6.07) is 13.9. The Balaban J connectivity index is 1.92. The molecule has 5 heteroatoms. The smallest absolute Gasteiger partial charge is 0.244 e. The van der Waals surface area contributed by atoms with Crippen LogP contribution in [0.25, 0.3) is 0 Å².